The van der Waals surface area contributed by atoms with Crippen LogP contribution in [0.5, 0.6) is 0 Å². The predicted octanol–water partition coefficient (Wildman–Crippen LogP) is 3.03. The van der Waals surface area contributed by atoms with E-state index in [4.69, 9.17) is 9.47 Å². The minimum absolute atomic E-state index is 0.00588. The minimum atomic E-state index is 0.00588. The van der Waals surface area contributed by atoms with Crippen molar-refractivity contribution in [2.45, 2.75) is 42.3 Å². The lowest BCUT2D eigenvalue weighted by atomic mass is 10.2. The van der Waals surface area contributed by atoms with Crippen molar-refractivity contribution in [3.63, 3.8) is 0 Å². The Bertz CT molecular complexity index is 124. The van der Waals surface area contributed by atoms with Gasteiger partial charge < -0.3 is 9.47 Å². The molecule has 2 nitrogen and oxygen atoms in total. The molecule has 0 saturated carbocycles. The Hall–Kier alpha value is 0.880. The Morgan fingerprint density at radius 1 is 1.42 bits per heavy atom. The molecule has 0 aromatic heterocycles. The Balaban J connectivity index is 2.20. The number of alkyl halides is 2. The minimum Gasteiger partial charge on any atom is -0.353 e. The molecule has 1 saturated heterocycles. The van der Waals surface area contributed by atoms with E-state index in [0.717, 1.165) is 13.0 Å². The lowest BCUT2D eigenvalue weighted by Crippen LogP contribution is -2.29. The highest BCUT2D eigenvalue weighted by atomic mass is 79.9. The number of ether oxygens (including phenoxy) is 2. The highest BCUT2D eigenvalue weighted by Gasteiger charge is 2.19. The summed E-state index contributed by atoms with van der Waals surface area (Å²) < 4.78 is 11.3. The quantitative estimate of drug-likeness (QED) is 0.746. The van der Waals surface area contributed by atoms with E-state index in [1.54, 1.807) is 0 Å². The third-order valence-corrected chi connectivity index (χ3v) is 3.35. The first-order chi connectivity index (χ1) is 5.70. The van der Waals surface area contributed by atoms with Gasteiger partial charge in [-0.2, -0.15) is 0 Å². The van der Waals surface area contributed by atoms with Crippen LogP contribution in [0.3, 0.4) is 0 Å². The first kappa shape index (κ1) is 11.0. The molecule has 0 N–H and O–H groups in total. The van der Waals surface area contributed by atoms with Crippen LogP contribution in [0.4, 0.5) is 0 Å². The smallest absolute Gasteiger partial charge is 0.158 e. The van der Waals surface area contributed by atoms with Crippen molar-refractivity contribution in [3.8, 4) is 0 Å². The molecule has 0 aliphatic carbocycles. The third kappa shape index (κ3) is 3.73. The van der Waals surface area contributed by atoms with Crippen LogP contribution in [0.1, 0.15) is 26.2 Å². The van der Waals surface area contributed by atoms with Gasteiger partial charge in [0.1, 0.15) is 0 Å². The first-order valence-electron chi connectivity index (χ1n) is 4.25. The summed E-state index contributed by atoms with van der Waals surface area (Å²) in [5.74, 6) is 0. The molecule has 1 rings (SSSR count). The Kier molecular flexibility index (Phi) is 5.09. The van der Waals surface area contributed by atoms with Gasteiger partial charge >= 0.3 is 0 Å². The van der Waals surface area contributed by atoms with E-state index < -0.39 is 0 Å². The van der Waals surface area contributed by atoms with Crippen molar-refractivity contribution in [1.82, 2.24) is 0 Å². The zero-order chi connectivity index (χ0) is 8.97. The van der Waals surface area contributed by atoms with Crippen molar-refractivity contribution in [3.05, 3.63) is 0 Å². The van der Waals surface area contributed by atoms with Crippen molar-refractivity contribution in [2.24, 2.45) is 0 Å². The van der Waals surface area contributed by atoms with Gasteiger partial charge in [0.15, 0.2) is 6.29 Å². The molecule has 1 fully saturated rings. The molecule has 1 heterocycles. The zero-order valence-corrected chi connectivity index (χ0v) is 10.3. The molecule has 1 aliphatic heterocycles. The van der Waals surface area contributed by atoms with E-state index in [2.05, 4.69) is 31.9 Å². The fourth-order valence-corrected chi connectivity index (χ4v) is 1.37. The van der Waals surface area contributed by atoms with Crippen molar-refractivity contribution in [1.29, 1.82) is 0 Å². The number of halogens is 2. The Morgan fingerprint density at radius 2 is 2.17 bits per heavy atom. The van der Waals surface area contributed by atoms with Crippen LogP contribution in [-0.2, 0) is 9.47 Å². The molecular formula is C8H14Br2O2. The Labute approximate surface area is 90.3 Å². The standard InChI is InChI=1S/C8H14Br2O2/c1-6(8(9)10)12-7-4-2-3-5-11-7/h6-8H,2-5H2,1H3. The van der Waals surface area contributed by atoms with Gasteiger partial charge in [-0.15, -0.1) is 0 Å². The maximum atomic E-state index is 5.64. The fourth-order valence-electron chi connectivity index (χ4n) is 1.12. The molecule has 2 atom stereocenters. The summed E-state index contributed by atoms with van der Waals surface area (Å²) in [4.78, 5) is 0. The molecule has 0 spiro atoms. The molecule has 72 valence electrons. The molecule has 4 heteroatoms. The normalized spacial score (nSPS) is 27.5. The van der Waals surface area contributed by atoms with Gasteiger partial charge in [0.05, 0.1) is 9.84 Å². The van der Waals surface area contributed by atoms with Crippen LogP contribution in [0.2, 0.25) is 0 Å². The molecule has 2 unspecified atom stereocenters. The molecular weight excluding hydrogens is 288 g/mol. The predicted molar refractivity (Wildman–Crippen MR) is 55.8 cm³/mol. The van der Waals surface area contributed by atoms with Crippen LogP contribution in [0.15, 0.2) is 0 Å². The van der Waals surface area contributed by atoms with Crippen molar-refractivity contribution < 1.29 is 9.47 Å². The average molecular weight is 302 g/mol. The summed E-state index contributed by atoms with van der Waals surface area (Å²) in [7, 11) is 0. The van der Waals surface area contributed by atoms with E-state index in [-0.39, 0.29) is 16.1 Å². The molecule has 0 aromatic carbocycles. The summed E-state index contributed by atoms with van der Waals surface area (Å²) >= 11 is 6.81. The van der Waals surface area contributed by atoms with Gasteiger partial charge in [-0.05, 0) is 26.2 Å². The van der Waals surface area contributed by atoms with Crippen LogP contribution >= 0.6 is 31.9 Å². The second-order valence-corrected chi connectivity index (χ2v) is 6.17. The van der Waals surface area contributed by atoms with Crippen LogP contribution < -0.4 is 0 Å². The number of hydrogen-bond donors (Lipinski definition) is 0. The monoisotopic (exact) mass is 300 g/mol. The summed E-state index contributed by atoms with van der Waals surface area (Å²) in [6.07, 6.45) is 3.56. The van der Waals surface area contributed by atoms with Gasteiger partial charge in [0, 0.05) is 6.61 Å². The maximum absolute atomic E-state index is 5.64. The van der Waals surface area contributed by atoms with Crippen LogP contribution in [-0.4, -0.2) is 22.7 Å². The zero-order valence-electron chi connectivity index (χ0n) is 7.13. The summed E-state index contributed by atoms with van der Waals surface area (Å²) in [6, 6.07) is 0. The van der Waals surface area contributed by atoms with Gasteiger partial charge in [-0.25, -0.2) is 0 Å². The van der Waals surface area contributed by atoms with E-state index in [9.17, 15) is 0 Å². The Morgan fingerprint density at radius 3 is 2.67 bits per heavy atom. The lowest BCUT2D eigenvalue weighted by Gasteiger charge is -2.26. The van der Waals surface area contributed by atoms with Gasteiger partial charge in [0.25, 0.3) is 0 Å². The second kappa shape index (κ2) is 5.58. The van der Waals surface area contributed by atoms with E-state index >= 15 is 0 Å². The summed E-state index contributed by atoms with van der Waals surface area (Å²) in [5, 5.41) is 0. The second-order valence-electron chi connectivity index (χ2n) is 2.97. The maximum Gasteiger partial charge on any atom is 0.158 e. The highest BCUT2D eigenvalue weighted by Crippen LogP contribution is 2.21. The van der Waals surface area contributed by atoms with Crippen LogP contribution in [0, 0.1) is 0 Å². The van der Waals surface area contributed by atoms with Crippen molar-refractivity contribution >= 4 is 31.9 Å². The van der Waals surface area contributed by atoms with E-state index in [0.29, 0.717) is 0 Å². The molecule has 1 aliphatic rings. The van der Waals surface area contributed by atoms with Crippen molar-refractivity contribution in [2.75, 3.05) is 6.61 Å². The van der Waals surface area contributed by atoms with E-state index in [1.165, 1.54) is 12.8 Å². The molecule has 0 aromatic rings. The van der Waals surface area contributed by atoms with E-state index in [1.807, 2.05) is 6.92 Å². The third-order valence-electron chi connectivity index (χ3n) is 1.86. The average Bonchev–Trinajstić information content (AvgIpc) is 2.06. The SMILES string of the molecule is CC(OC1CCCCO1)C(Br)Br. The van der Waals surface area contributed by atoms with Gasteiger partial charge in [-0.3, -0.25) is 0 Å². The van der Waals surface area contributed by atoms with Gasteiger partial charge in [-0.1, -0.05) is 31.9 Å². The van der Waals surface area contributed by atoms with Crippen LogP contribution in [0.25, 0.3) is 0 Å². The topological polar surface area (TPSA) is 18.5 Å². The highest BCUT2D eigenvalue weighted by molar-refractivity contribution is 9.24. The number of hydrogen-bond acceptors (Lipinski definition) is 2. The lowest BCUT2D eigenvalue weighted by molar-refractivity contribution is -0.180. The molecule has 12 heavy (non-hydrogen) atoms. The summed E-state index contributed by atoms with van der Waals surface area (Å²) in [5.41, 5.74) is 0. The number of rotatable bonds is 3. The largest absolute Gasteiger partial charge is 0.353 e. The molecule has 0 amide bonds. The molecule has 0 radical (unpaired) electrons. The first-order valence-corrected chi connectivity index (χ1v) is 6.08. The van der Waals surface area contributed by atoms with Gasteiger partial charge in [0.2, 0.25) is 0 Å². The summed E-state index contributed by atoms with van der Waals surface area (Å²) in [6.45, 7) is 2.86. The fraction of sp³-hybridized carbons (Fsp3) is 1.00. The molecule has 0 bridgehead atoms.